The van der Waals surface area contributed by atoms with Gasteiger partial charge in [0.15, 0.2) is 0 Å². The van der Waals surface area contributed by atoms with Crippen molar-refractivity contribution in [1.29, 1.82) is 5.26 Å². The highest BCUT2D eigenvalue weighted by atomic mass is 16.2. The minimum atomic E-state index is -0.204. The Morgan fingerprint density at radius 2 is 2.32 bits per heavy atom. The maximum Gasteiger partial charge on any atom is 0.236 e. The van der Waals surface area contributed by atoms with Crippen molar-refractivity contribution in [2.24, 2.45) is 5.10 Å². The average molecular weight is 254 g/mol. The number of nitriles is 1. The molecule has 96 valence electrons. The molecule has 0 saturated carbocycles. The summed E-state index contributed by atoms with van der Waals surface area (Å²) in [5, 5.41) is 13.6. The van der Waals surface area contributed by atoms with Crippen molar-refractivity contribution in [1.82, 2.24) is 9.99 Å². The Hall–Kier alpha value is -2.61. The van der Waals surface area contributed by atoms with Gasteiger partial charge in [0.05, 0.1) is 18.7 Å². The van der Waals surface area contributed by atoms with Crippen LogP contribution in [-0.4, -0.2) is 16.7 Å². The van der Waals surface area contributed by atoms with Gasteiger partial charge in [0.25, 0.3) is 0 Å². The molecule has 0 aliphatic heterocycles. The molecule has 2 rings (SSSR count). The van der Waals surface area contributed by atoms with Crippen molar-refractivity contribution in [3.05, 3.63) is 36.0 Å². The first-order valence-electron chi connectivity index (χ1n) is 5.97. The quantitative estimate of drug-likeness (QED) is 0.670. The molecule has 0 aliphatic carbocycles. The van der Waals surface area contributed by atoms with Crippen LogP contribution in [0.3, 0.4) is 0 Å². The fraction of sp³-hybridized carbons (Fsp3) is 0.214. The lowest BCUT2D eigenvalue weighted by atomic mass is 10.2. The second-order valence-electron chi connectivity index (χ2n) is 4.13. The van der Waals surface area contributed by atoms with Crippen molar-refractivity contribution in [3.63, 3.8) is 0 Å². The normalized spacial score (nSPS) is 10.7. The third-order valence-electron chi connectivity index (χ3n) is 2.71. The van der Waals surface area contributed by atoms with E-state index in [0.717, 1.165) is 16.5 Å². The summed E-state index contributed by atoms with van der Waals surface area (Å²) in [6.07, 6.45) is 4.01. The van der Waals surface area contributed by atoms with Gasteiger partial charge in [-0.1, -0.05) is 18.2 Å². The molecule has 1 N–H and O–H groups in total. The number of fused-ring (bicyclic) bond motifs is 1. The van der Waals surface area contributed by atoms with Gasteiger partial charge in [-0.2, -0.15) is 10.4 Å². The Balaban J connectivity index is 2.36. The Labute approximate surface area is 111 Å². The molecule has 1 aromatic carbocycles. The van der Waals surface area contributed by atoms with Crippen LogP contribution in [0.15, 0.2) is 35.6 Å². The Morgan fingerprint density at radius 1 is 1.53 bits per heavy atom. The first-order chi connectivity index (χ1) is 9.22. The topological polar surface area (TPSA) is 70.2 Å². The number of hydrogen-bond donors (Lipinski definition) is 1. The largest absolute Gasteiger partial charge is 0.346 e. The Bertz CT molecular complexity index is 664. The number of hydrogen-bond acceptors (Lipinski definition) is 3. The van der Waals surface area contributed by atoms with Crippen LogP contribution in [0.1, 0.15) is 18.9 Å². The van der Waals surface area contributed by atoms with E-state index in [1.54, 1.807) is 6.21 Å². The zero-order valence-corrected chi connectivity index (χ0v) is 10.6. The number of para-hydroxylation sites is 1. The number of carbonyl (C=O) groups is 1. The lowest BCUT2D eigenvalue weighted by Crippen LogP contribution is -2.12. The average Bonchev–Trinajstić information content (AvgIpc) is 2.75. The number of rotatable bonds is 4. The van der Waals surface area contributed by atoms with Crippen molar-refractivity contribution in [2.75, 3.05) is 0 Å². The molecule has 1 heterocycles. The molecule has 0 spiro atoms. The van der Waals surface area contributed by atoms with Gasteiger partial charge in [-0.25, -0.2) is 5.43 Å². The molecule has 0 fully saturated rings. The summed E-state index contributed by atoms with van der Waals surface area (Å²) >= 11 is 0. The van der Waals surface area contributed by atoms with Gasteiger partial charge in [0.1, 0.15) is 0 Å². The Morgan fingerprint density at radius 3 is 3.05 bits per heavy atom. The highest BCUT2D eigenvalue weighted by molar-refractivity contribution is 5.99. The van der Waals surface area contributed by atoms with Gasteiger partial charge in [0, 0.05) is 36.1 Å². The second-order valence-corrected chi connectivity index (χ2v) is 4.13. The summed E-state index contributed by atoms with van der Waals surface area (Å²) in [6, 6.07) is 10.0. The van der Waals surface area contributed by atoms with Gasteiger partial charge in [-0.15, -0.1) is 0 Å². The SMILES string of the molecule is CC(=O)N/N=C\c1cn(CCC#N)c2ccccc12. The number of aromatic nitrogens is 1. The van der Waals surface area contributed by atoms with E-state index in [1.165, 1.54) is 6.92 Å². The van der Waals surface area contributed by atoms with E-state index >= 15 is 0 Å². The highest BCUT2D eigenvalue weighted by Crippen LogP contribution is 2.20. The molecule has 2 aromatic rings. The van der Waals surface area contributed by atoms with Crippen LogP contribution in [-0.2, 0) is 11.3 Å². The molecule has 0 radical (unpaired) electrons. The highest BCUT2D eigenvalue weighted by Gasteiger charge is 2.05. The lowest BCUT2D eigenvalue weighted by Gasteiger charge is -2.00. The van der Waals surface area contributed by atoms with Gasteiger partial charge < -0.3 is 4.57 Å². The maximum absolute atomic E-state index is 10.8. The fourth-order valence-corrected chi connectivity index (χ4v) is 1.93. The molecule has 5 nitrogen and oxygen atoms in total. The summed E-state index contributed by atoms with van der Waals surface area (Å²) in [6.45, 7) is 2.05. The van der Waals surface area contributed by atoms with E-state index < -0.39 is 0 Å². The van der Waals surface area contributed by atoms with Crippen molar-refractivity contribution < 1.29 is 4.79 Å². The number of amides is 1. The zero-order valence-electron chi connectivity index (χ0n) is 10.6. The van der Waals surface area contributed by atoms with Gasteiger partial charge >= 0.3 is 0 Å². The molecule has 0 saturated heterocycles. The van der Waals surface area contributed by atoms with E-state index in [9.17, 15) is 4.79 Å². The lowest BCUT2D eigenvalue weighted by molar-refractivity contribution is -0.118. The predicted octanol–water partition coefficient (Wildman–Crippen LogP) is 2.02. The monoisotopic (exact) mass is 254 g/mol. The first kappa shape index (κ1) is 12.8. The smallest absolute Gasteiger partial charge is 0.236 e. The Kier molecular flexibility index (Phi) is 3.94. The molecule has 5 heteroatoms. The second kappa shape index (κ2) is 5.83. The molecule has 0 atom stereocenters. The van der Waals surface area contributed by atoms with Crippen molar-refractivity contribution in [3.8, 4) is 6.07 Å². The molecular weight excluding hydrogens is 240 g/mol. The van der Waals surface area contributed by atoms with Crippen LogP contribution in [0.4, 0.5) is 0 Å². The van der Waals surface area contributed by atoms with Crippen molar-refractivity contribution >= 4 is 23.0 Å². The summed E-state index contributed by atoms with van der Waals surface area (Å²) in [7, 11) is 0. The van der Waals surface area contributed by atoms with Crippen LogP contribution in [0.5, 0.6) is 0 Å². The molecular formula is C14H14N4O. The third kappa shape index (κ3) is 2.99. The van der Waals surface area contributed by atoms with Crippen LogP contribution in [0, 0.1) is 11.3 Å². The molecule has 0 unspecified atom stereocenters. The van der Waals surface area contributed by atoms with Gasteiger partial charge in [-0.3, -0.25) is 4.79 Å². The minimum absolute atomic E-state index is 0.204. The van der Waals surface area contributed by atoms with Crippen molar-refractivity contribution in [2.45, 2.75) is 19.9 Å². The first-order valence-corrected chi connectivity index (χ1v) is 5.97. The number of benzene rings is 1. The number of carbonyl (C=O) groups excluding carboxylic acids is 1. The summed E-state index contributed by atoms with van der Waals surface area (Å²) in [5.74, 6) is -0.204. The van der Waals surface area contributed by atoms with Crippen LogP contribution < -0.4 is 5.43 Å². The predicted molar refractivity (Wildman–Crippen MR) is 73.6 cm³/mol. The fourth-order valence-electron chi connectivity index (χ4n) is 1.93. The standard InChI is InChI=1S/C14H14N4O/c1-11(19)17-16-9-12-10-18(8-4-7-15)14-6-3-2-5-13(12)14/h2-3,5-6,9-10H,4,8H2,1H3,(H,17,19)/b16-9-. The van der Waals surface area contributed by atoms with E-state index in [1.807, 2.05) is 35.0 Å². The summed E-state index contributed by atoms with van der Waals surface area (Å²) in [4.78, 5) is 10.8. The molecule has 1 aromatic heterocycles. The molecule has 0 bridgehead atoms. The molecule has 19 heavy (non-hydrogen) atoms. The van der Waals surface area contributed by atoms with Crippen LogP contribution in [0.2, 0.25) is 0 Å². The van der Waals surface area contributed by atoms with E-state index in [-0.39, 0.29) is 5.91 Å². The zero-order chi connectivity index (χ0) is 13.7. The number of nitrogens with one attached hydrogen (secondary N) is 1. The number of hydrazone groups is 1. The third-order valence-corrected chi connectivity index (χ3v) is 2.71. The van der Waals surface area contributed by atoms with Gasteiger partial charge in [0.2, 0.25) is 5.91 Å². The van der Waals surface area contributed by atoms with Crippen LogP contribution >= 0.6 is 0 Å². The summed E-state index contributed by atoms with van der Waals surface area (Å²) in [5.41, 5.74) is 4.36. The van der Waals surface area contributed by atoms with E-state index in [0.29, 0.717) is 13.0 Å². The number of nitrogens with zero attached hydrogens (tertiary/aromatic N) is 3. The van der Waals surface area contributed by atoms with Gasteiger partial charge in [-0.05, 0) is 6.07 Å². The summed E-state index contributed by atoms with van der Waals surface area (Å²) < 4.78 is 2.02. The minimum Gasteiger partial charge on any atom is -0.346 e. The maximum atomic E-state index is 10.8. The molecule has 0 aliphatic rings. The van der Waals surface area contributed by atoms with Crippen LogP contribution in [0.25, 0.3) is 10.9 Å². The molecule has 1 amide bonds. The van der Waals surface area contributed by atoms with E-state index in [2.05, 4.69) is 16.6 Å². The van der Waals surface area contributed by atoms with E-state index in [4.69, 9.17) is 5.26 Å². The number of aryl methyl sites for hydroxylation is 1.